The van der Waals surface area contributed by atoms with Crippen molar-refractivity contribution in [1.82, 2.24) is 5.32 Å². The molecule has 18 heavy (non-hydrogen) atoms. The number of hydrogen-bond acceptors (Lipinski definition) is 2. The summed E-state index contributed by atoms with van der Waals surface area (Å²) >= 11 is 0. The highest BCUT2D eigenvalue weighted by molar-refractivity contribution is 5.83. The fraction of sp³-hybridized carbons (Fsp3) is 0.188. The van der Waals surface area contributed by atoms with Crippen molar-refractivity contribution in [3.05, 3.63) is 60.2 Å². The molecule has 0 spiro atoms. The molecule has 0 radical (unpaired) electrons. The van der Waals surface area contributed by atoms with Gasteiger partial charge in [0.25, 0.3) is 0 Å². The van der Waals surface area contributed by atoms with Crippen LogP contribution in [0.3, 0.4) is 0 Å². The summed E-state index contributed by atoms with van der Waals surface area (Å²) in [5.74, 6) is 0.128. The van der Waals surface area contributed by atoms with Crippen molar-refractivity contribution in [3.63, 3.8) is 0 Å². The van der Waals surface area contributed by atoms with Gasteiger partial charge in [0.15, 0.2) is 5.78 Å². The van der Waals surface area contributed by atoms with Crippen LogP contribution in [0.15, 0.2) is 54.6 Å². The van der Waals surface area contributed by atoms with Crippen molar-refractivity contribution >= 4 is 5.78 Å². The molecule has 2 aromatic carbocycles. The number of hydrogen-bond donors (Lipinski definition) is 1. The molecule has 2 rings (SSSR count). The van der Waals surface area contributed by atoms with E-state index in [0.717, 1.165) is 16.7 Å². The molecule has 0 aromatic heterocycles. The lowest BCUT2D eigenvalue weighted by atomic mass is 9.98. The minimum absolute atomic E-state index is 0.128. The Bertz CT molecular complexity index is 534. The SMILES string of the molecule is CNC(C(C)=O)c1cccc(-c2ccccc2)c1. The number of likely N-dealkylation sites (N-methyl/N-ethyl adjacent to an activating group) is 1. The summed E-state index contributed by atoms with van der Waals surface area (Å²) in [6, 6.07) is 18.0. The Labute approximate surface area is 108 Å². The number of benzene rings is 2. The van der Waals surface area contributed by atoms with Gasteiger partial charge in [-0.1, -0.05) is 48.5 Å². The van der Waals surface area contributed by atoms with E-state index in [1.165, 1.54) is 0 Å². The van der Waals surface area contributed by atoms with Crippen molar-refractivity contribution in [2.24, 2.45) is 0 Å². The number of ketones is 1. The lowest BCUT2D eigenvalue weighted by Crippen LogP contribution is -2.23. The first kappa shape index (κ1) is 12.5. The molecule has 0 aliphatic carbocycles. The van der Waals surface area contributed by atoms with Crippen LogP contribution in [0.4, 0.5) is 0 Å². The van der Waals surface area contributed by atoms with Gasteiger partial charge in [-0.25, -0.2) is 0 Å². The first-order valence-corrected chi connectivity index (χ1v) is 6.05. The summed E-state index contributed by atoms with van der Waals surface area (Å²) in [6.45, 7) is 1.61. The number of rotatable bonds is 4. The molecule has 2 aromatic rings. The maximum atomic E-state index is 11.6. The normalized spacial score (nSPS) is 12.1. The molecule has 0 saturated heterocycles. The zero-order valence-electron chi connectivity index (χ0n) is 10.7. The highest BCUT2D eigenvalue weighted by Gasteiger charge is 2.14. The third-order valence-electron chi connectivity index (χ3n) is 3.02. The first-order valence-electron chi connectivity index (χ1n) is 6.05. The highest BCUT2D eigenvalue weighted by Crippen LogP contribution is 2.23. The molecule has 1 N–H and O–H groups in total. The van der Waals surface area contributed by atoms with E-state index < -0.39 is 0 Å². The van der Waals surface area contributed by atoms with Crippen molar-refractivity contribution in [2.75, 3.05) is 7.05 Å². The van der Waals surface area contributed by atoms with Crippen molar-refractivity contribution in [2.45, 2.75) is 13.0 Å². The van der Waals surface area contributed by atoms with Crippen molar-refractivity contribution in [1.29, 1.82) is 0 Å². The second-order valence-electron chi connectivity index (χ2n) is 4.32. The summed E-state index contributed by atoms with van der Waals surface area (Å²) < 4.78 is 0. The largest absolute Gasteiger partial charge is 0.307 e. The van der Waals surface area contributed by atoms with Crippen LogP contribution in [0.25, 0.3) is 11.1 Å². The number of carbonyl (C=O) groups excluding carboxylic acids is 1. The molecule has 0 saturated carbocycles. The van der Waals surface area contributed by atoms with Crippen molar-refractivity contribution < 1.29 is 4.79 Å². The van der Waals surface area contributed by atoms with E-state index >= 15 is 0 Å². The van der Waals surface area contributed by atoms with Gasteiger partial charge in [-0.05, 0) is 36.7 Å². The zero-order chi connectivity index (χ0) is 13.0. The van der Waals surface area contributed by atoms with E-state index in [1.54, 1.807) is 14.0 Å². The third kappa shape index (κ3) is 2.66. The Morgan fingerprint density at radius 3 is 2.28 bits per heavy atom. The molecule has 0 aliphatic heterocycles. The maximum Gasteiger partial charge on any atom is 0.151 e. The molecule has 0 heterocycles. The van der Waals surface area contributed by atoms with Gasteiger partial charge in [-0.3, -0.25) is 4.79 Å². The fourth-order valence-corrected chi connectivity index (χ4v) is 2.13. The summed E-state index contributed by atoms with van der Waals surface area (Å²) in [4.78, 5) is 11.6. The maximum absolute atomic E-state index is 11.6. The van der Waals surface area contributed by atoms with Crippen LogP contribution in [0.1, 0.15) is 18.5 Å². The molecular formula is C16H17NO. The number of carbonyl (C=O) groups is 1. The summed E-state index contributed by atoms with van der Waals surface area (Å²) in [5.41, 5.74) is 3.30. The number of Topliss-reactive ketones (excluding diaryl/α,β-unsaturated/α-hetero) is 1. The molecule has 0 aliphatic rings. The molecule has 2 heteroatoms. The Kier molecular flexibility index (Phi) is 3.90. The quantitative estimate of drug-likeness (QED) is 0.887. The monoisotopic (exact) mass is 239 g/mol. The van der Waals surface area contributed by atoms with Crippen LogP contribution in [-0.2, 0) is 4.79 Å². The van der Waals surface area contributed by atoms with E-state index in [2.05, 4.69) is 29.6 Å². The van der Waals surface area contributed by atoms with Gasteiger partial charge in [0.05, 0.1) is 6.04 Å². The van der Waals surface area contributed by atoms with Gasteiger partial charge in [0.1, 0.15) is 0 Å². The lowest BCUT2D eigenvalue weighted by Gasteiger charge is -2.14. The van der Waals surface area contributed by atoms with Gasteiger partial charge in [-0.2, -0.15) is 0 Å². The molecule has 1 atom stereocenters. The summed E-state index contributed by atoms with van der Waals surface area (Å²) in [6.07, 6.45) is 0. The second kappa shape index (κ2) is 5.61. The van der Waals surface area contributed by atoms with Crippen LogP contribution < -0.4 is 5.32 Å². The average Bonchev–Trinajstić information content (AvgIpc) is 2.40. The van der Waals surface area contributed by atoms with E-state index in [4.69, 9.17) is 0 Å². The van der Waals surface area contributed by atoms with Gasteiger partial charge < -0.3 is 5.32 Å². The van der Waals surface area contributed by atoms with E-state index in [1.807, 2.05) is 30.3 Å². The Balaban J connectivity index is 2.39. The summed E-state index contributed by atoms with van der Waals surface area (Å²) in [5, 5.41) is 3.05. The minimum atomic E-state index is -0.228. The van der Waals surface area contributed by atoms with E-state index in [0.29, 0.717) is 0 Å². The zero-order valence-corrected chi connectivity index (χ0v) is 10.7. The molecular weight excluding hydrogens is 222 g/mol. The standard InChI is InChI=1S/C16H17NO/c1-12(18)16(17-2)15-10-6-9-14(11-15)13-7-4-3-5-8-13/h3-11,16-17H,1-2H3. The lowest BCUT2D eigenvalue weighted by molar-refractivity contribution is -0.119. The topological polar surface area (TPSA) is 29.1 Å². The van der Waals surface area contributed by atoms with Crippen molar-refractivity contribution in [3.8, 4) is 11.1 Å². The van der Waals surface area contributed by atoms with Crippen LogP contribution in [-0.4, -0.2) is 12.8 Å². The Morgan fingerprint density at radius 1 is 1.00 bits per heavy atom. The van der Waals surface area contributed by atoms with Crippen LogP contribution in [0.2, 0.25) is 0 Å². The molecule has 0 fully saturated rings. The van der Waals surface area contributed by atoms with Gasteiger partial charge in [-0.15, -0.1) is 0 Å². The average molecular weight is 239 g/mol. The molecule has 0 amide bonds. The van der Waals surface area contributed by atoms with E-state index in [-0.39, 0.29) is 11.8 Å². The van der Waals surface area contributed by atoms with E-state index in [9.17, 15) is 4.79 Å². The van der Waals surface area contributed by atoms with Crippen LogP contribution >= 0.6 is 0 Å². The predicted molar refractivity (Wildman–Crippen MR) is 74.4 cm³/mol. The van der Waals surface area contributed by atoms with Gasteiger partial charge >= 0.3 is 0 Å². The molecule has 1 unspecified atom stereocenters. The molecule has 2 nitrogen and oxygen atoms in total. The smallest absolute Gasteiger partial charge is 0.151 e. The van der Waals surface area contributed by atoms with Gasteiger partial charge in [0, 0.05) is 0 Å². The Hall–Kier alpha value is -1.93. The van der Waals surface area contributed by atoms with Crippen LogP contribution in [0.5, 0.6) is 0 Å². The predicted octanol–water partition coefficient (Wildman–Crippen LogP) is 3.20. The first-order chi connectivity index (χ1) is 8.72. The minimum Gasteiger partial charge on any atom is -0.307 e. The molecule has 0 bridgehead atoms. The van der Waals surface area contributed by atoms with Gasteiger partial charge in [0.2, 0.25) is 0 Å². The van der Waals surface area contributed by atoms with Crippen LogP contribution in [0, 0.1) is 0 Å². The Morgan fingerprint density at radius 2 is 1.67 bits per heavy atom. The fourth-order valence-electron chi connectivity index (χ4n) is 2.13. The molecule has 92 valence electrons. The summed E-state index contributed by atoms with van der Waals surface area (Å²) in [7, 11) is 1.81. The third-order valence-corrected chi connectivity index (χ3v) is 3.02. The highest BCUT2D eigenvalue weighted by atomic mass is 16.1. The number of nitrogens with one attached hydrogen (secondary N) is 1. The second-order valence-corrected chi connectivity index (χ2v) is 4.32.